The number of hydrogen-bond donors (Lipinski definition) is 1. The summed E-state index contributed by atoms with van der Waals surface area (Å²) in [6.07, 6.45) is 0. The lowest BCUT2D eigenvalue weighted by Crippen LogP contribution is -2.05. The predicted octanol–water partition coefficient (Wildman–Crippen LogP) is 3.54. The SMILES string of the molecule is O=S(=O)(Cl)Nc1c(Cl)cc(Cl)cc1Cl. The molecule has 14 heavy (non-hydrogen) atoms. The molecule has 0 aromatic heterocycles. The number of hydrogen-bond acceptors (Lipinski definition) is 2. The highest BCUT2D eigenvalue weighted by molar-refractivity contribution is 8.14. The average molecular weight is 295 g/mol. The van der Waals surface area contributed by atoms with Crippen LogP contribution in [0.15, 0.2) is 12.1 Å². The van der Waals surface area contributed by atoms with E-state index in [0.717, 1.165) is 0 Å². The molecule has 0 unspecified atom stereocenters. The van der Waals surface area contributed by atoms with E-state index in [0.29, 0.717) is 5.02 Å². The van der Waals surface area contributed by atoms with Gasteiger partial charge in [-0.2, -0.15) is 8.42 Å². The van der Waals surface area contributed by atoms with Gasteiger partial charge >= 0.3 is 9.24 Å². The predicted molar refractivity (Wildman–Crippen MR) is 59.9 cm³/mol. The van der Waals surface area contributed by atoms with Crippen molar-refractivity contribution in [1.82, 2.24) is 0 Å². The van der Waals surface area contributed by atoms with Crippen LogP contribution in [-0.4, -0.2) is 8.42 Å². The van der Waals surface area contributed by atoms with Gasteiger partial charge in [-0.15, -0.1) is 0 Å². The van der Waals surface area contributed by atoms with E-state index in [9.17, 15) is 8.42 Å². The smallest absolute Gasteiger partial charge is 0.268 e. The standard InChI is InChI=1S/C6H3Cl4NO2S/c7-3-1-4(8)6(5(9)2-3)11-14(10,12)13/h1-2,11H. The van der Waals surface area contributed by atoms with Crippen molar-refractivity contribution in [3.8, 4) is 0 Å². The molecule has 0 heterocycles. The molecule has 0 saturated carbocycles. The van der Waals surface area contributed by atoms with Gasteiger partial charge in [0.2, 0.25) is 0 Å². The summed E-state index contributed by atoms with van der Waals surface area (Å²) in [4.78, 5) is 0. The van der Waals surface area contributed by atoms with Crippen LogP contribution in [0.5, 0.6) is 0 Å². The van der Waals surface area contributed by atoms with Gasteiger partial charge in [-0.3, -0.25) is 4.72 Å². The maximum atomic E-state index is 10.7. The zero-order chi connectivity index (χ0) is 10.9. The summed E-state index contributed by atoms with van der Waals surface area (Å²) in [7, 11) is 1.04. The largest absolute Gasteiger partial charge is 0.319 e. The molecule has 1 rings (SSSR count). The highest BCUT2D eigenvalue weighted by atomic mass is 35.7. The van der Waals surface area contributed by atoms with Gasteiger partial charge in [-0.05, 0) is 12.1 Å². The number of halogens is 4. The van der Waals surface area contributed by atoms with Crippen LogP contribution in [0.3, 0.4) is 0 Å². The molecule has 0 aliphatic rings. The van der Waals surface area contributed by atoms with Crippen LogP contribution in [0.1, 0.15) is 0 Å². The second kappa shape index (κ2) is 4.33. The maximum Gasteiger partial charge on any atom is 0.319 e. The zero-order valence-corrected chi connectivity index (χ0v) is 10.2. The monoisotopic (exact) mass is 293 g/mol. The minimum absolute atomic E-state index is 0.00716. The summed E-state index contributed by atoms with van der Waals surface area (Å²) in [5, 5.41) is 0.455. The highest BCUT2D eigenvalue weighted by Crippen LogP contribution is 2.34. The molecule has 0 amide bonds. The fourth-order valence-corrected chi connectivity index (χ4v) is 2.48. The summed E-state index contributed by atoms with van der Waals surface area (Å²) in [5.41, 5.74) is 0.00716. The molecule has 3 nitrogen and oxygen atoms in total. The second-order valence-electron chi connectivity index (χ2n) is 2.28. The molecule has 0 fully saturated rings. The first kappa shape index (κ1) is 12.2. The Kier molecular flexibility index (Phi) is 3.77. The van der Waals surface area contributed by atoms with Gasteiger partial charge in [-0.1, -0.05) is 34.8 Å². The van der Waals surface area contributed by atoms with Crippen molar-refractivity contribution in [3.63, 3.8) is 0 Å². The molecule has 1 N–H and O–H groups in total. The van der Waals surface area contributed by atoms with Crippen LogP contribution in [0, 0.1) is 0 Å². The Hall–Kier alpha value is 0.130. The summed E-state index contributed by atoms with van der Waals surface area (Å²) in [5.74, 6) is 0. The molecule has 0 aliphatic heterocycles. The summed E-state index contributed by atoms with van der Waals surface area (Å²) < 4.78 is 23.3. The molecule has 0 spiro atoms. The molecule has 0 radical (unpaired) electrons. The van der Waals surface area contributed by atoms with E-state index in [4.69, 9.17) is 45.5 Å². The van der Waals surface area contributed by atoms with E-state index in [1.165, 1.54) is 12.1 Å². The van der Waals surface area contributed by atoms with Crippen LogP contribution in [0.4, 0.5) is 5.69 Å². The van der Waals surface area contributed by atoms with E-state index >= 15 is 0 Å². The minimum Gasteiger partial charge on any atom is -0.268 e. The molecular weight excluding hydrogens is 292 g/mol. The molecule has 8 heteroatoms. The first-order chi connectivity index (χ1) is 6.29. The van der Waals surface area contributed by atoms with Gasteiger partial charge in [0.25, 0.3) is 0 Å². The Morgan fingerprint density at radius 2 is 1.50 bits per heavy atom. The molecular formula is C6H3Cl4NO2S. The van der Waals surface area contributed by atoms with Gasteiger partial charge < -0.3 is 0 Å². The first-order valence-corrected chi connectivity index (χ1v) is 6.61. The maximum absolute atomic E-state index is 10.7. The van der Waals surface area contributed by atoms with Crippen molar-refractivity contribution in [2.75, 3.05) is 4.72 Å². The van der Waals surface area contributed by atoms with Crippen LogP contribution in [-0.2, 0) is 9.24 Å². The van der Waals surface area contributed by atoms with Crippen molar-refractivity contribution >= 4 is 60.4 Å². The normalized spacial score (nSPS) is 11.4. The van der Waals surface area contributed by atoms with Gasteiger partial charge in [-0.25, -0.2) is 0 Å². The van der Waals surface area contributed by atoms with Crippen LogP contribution in [0.25, 0.3) is 0 Å². The van der Waals surface area contributed by atoms with E-state index < -0.39 is 9.24 Å². The van der Waals surface area contributed by atoms with Gasteiger partial charge in [0.15, 0.2) is 0 Å². The van der Waals surface area contributed by atoms with Crippen LogP contribution < -0.4 is 4.72 Å². The Morgan fingerprint density at radius 1 is 1.07 bits per heavy atom. The quantitative estimate of drug-likeness (QED) is 0.848. The summed E-state index contributed by atoms with van der Waals surface area (Å²) >= 11 is 17.0. The lowest BCUT2D eigenvalue weighted by molar-refractivity contribution is 0.614. The zero-order valence-electron chi connectivity index (χ0n) is 6.39. The number of rotatable bonds is 2. The highest BCUT2D eigenvalue weighted by Gasteiger charge is 2.12. The average Bonchev–Trinajstić information content (AvgIpc) is 1.95. The van der Waals surface area contributed by atoms with Crippen molar-refractivity contribution in [2.45, 2.75) is 0 Å². The second-order valence-corrected chi connectivity index (χ2v) is 5.83. The van der Waals surface area contributed by atoms with Crippen LogP contribution in [0.2, 0.25) is 15.1 Å². The molecule has 0 atom stereocenters. The Morgan fingerprint density at radius 3 is 1.86 bits per heavy atom. The van der Waals surface area contributed by atoms with Crippen molar-refractivity contribution in [3.05, 3.63) is 27.2 Å². The number of anilines is 1. The van der Waals surface area contributed by atoms with Gasteiger partial charge in [0.1, 0.15) is 0 Å². The van der Waals surface area contributed by atoms with Crippen molar-refractivity contribution < 1.29 is 8.42 Å². The molecule has 0 bridgehead atoms. The molecule has 78 valence electrons. The van der Waals surface area contributed by atoms with E-state index in [1.54, 1.807) is 0 Å². The number of benzene rings is 1. The Labute approximate surface area is 100 Å². The van der Waals surface area contributed by atoms with Gasteiger partial charge in [0.05, 0.1) is 15.7 Å². The third-order valence-electron chi connectivity index (χ3n) is 1.23. The van der Waals surface area contributed by atoms with E-state index in [2.05, 4.69) is 0 Å². The summed E-state index contributed by atoms with van der Waals surface area (Å²) in [6.45, 7) is 0. The fraction of sp³-hybridized carbons (Fsp3) is 0. The minimum atomic E-state index is -3.92. The topological polar surface area (TPSA) is 46.2 Å². The molecule has 0 aliphatic carbocycles. The van der Waals surface area contributed by atoms with E-state index in [-0.39, 0.29) is 15.7 Å². The van der Waals surface area contributed by atoms with Crippen molar-refractivity contribution in [2.24, 2.45) is 0 Å². The Balaban J connectivity index is 3.22. The molecule has 0 saturated heterocycles. The molecule has 1 aromatic rings. The third-order valence-corrected chi connectivity index (χ3v) is 2.72. The molecule has 1 aromatic carbocycles. The van der Waals surface area contributed by atoms with Gasteiger partial charge in [0, 0.05) is 15.7 Å². The number of nitrogens with one attached hydrogen (secondary N) is 1. The van der Waals surface area contributed by atoms with E-state index in [1.807, 2.05) is 4.72 Å². The van der Waals surface area contributed by atoms with Crippen LogP contribution >= 0.6 is 45.5 Å². The first-order valence-electron chi connectivity index (χ1n) is 3.16. The lowest BCUT2D eigenvalue weighted by Gasteiger charge is -2.07. The summed E-state index contributed by atoms with van der Waals surface area (Å²) in [6, 6.07) is 2.69. The third kappa shape index (κ3) is 3.37. The Bertz CT molecular complexity index is 436. The van der Waals surface area contributed by atoms with Crippen molar-refractivity contribution in [1.29, 1.82) is 0 Å². The fourth-order valence-electron chi connectivity index (χ4n) is 0.762. The lowest BCUT2D eigenvalue weighted by atomic mass is 10.3.